The van der Waals surface area contributed by atoms with Crippen LogP contribution in [0.3, 0.4) is 0 Å². The fraction of sp³-hybridized carbons (Fsp3) is 0.444. The summed E-state index contributed by atoms with van der Waals surface area (Å²) in [6.45, 7) is 13.0. The number of carbonyl (C=O) groups excluding carboxylic acids is 3. The van der Waals surface area contributed by atoms with E-state index in [1.807, 2.05) is 58.0 Å². The standard InChI is InChI=1S/C36H45N3O5/c1-23-22-25(16-17-28(23)27-13-9-8-10-14-27)12-11-15-29(30-34(42)44-36(6,7)43-30)32(40)39-31(35(3,4)5)33(41)38-24(2)26-18-20-37-21-19-26/h8-10,13-14,16-22,24,29-31H,11-12,15H2,1-7H3,(H,38,41)(H,39,40)/t24-,29-,30+,31-/m1/s1. The Kier molecular flexibility index (Phi) is 10.3. The van der Waals surface area contributed by atoms with Crippen LogP contribution in [0, 0.1) is 18.3 Å². The molecule has 4 rings (SSSR count). The third-order valence-electron chi connectivity index (χ3n) is 8.03. The normalized spacial score (nSPS) is 18.2. The quantitative estimate of drug-likeness (QED) is 0.259. The zero-order valence-electron chi connectivity index (χ0n) is 26.8. The number of hydrogen-bond acceptors (Lipinski definition) is 6. The highest BCUT2D eigenvalue weighted by molar-refractivity contribution is 5.92. The van der Waals surface area contributed by atoms with Gasteiger partial charge in [0.2, 0.25) is 17.6 Å². The van der Waals surface area contributed by atoms with Gasteiger partial charge in [-0.2, -0.15) is 0 Å². The molecule has 0 radical (unpaired) electrons. The monoisotopic (exact) mass is 599 g/mol. The van der Waals surface area contributed by atoms with Crippen molar-refractivity contribution in [2.75, 3.05) is 0 Å². The predicted molar refractivity (Wildman–Crippen MR) is 170 cm³/mol. The molecule has 8 nitrogen and oxygen atoms in total. The van der Waals surface area contributed by atoms with Gasteiger partial charge in [0, 0.05) is 26.2 Å². The summed E-state index contributed by atoms with van der Waals surface area (Å²) in [5.41, 5.74) is 4.97. The van der Waals surface area contributed by atoms with E-state index in [0.717, 1.165) is 17.5 Å². The van der Waals surface area contributed by atoms with Gasteiger partial charge in [0.05, 0.1) is 12.0 Å². The Bertz CT molecular complexity index is 1450. The number of esters is 1. The van der Waals surface area contributed by atoms with Gasteiger partial charge in [0.15, 0.2) is 6.10 Å². The van der Waals surface area contributed by atoms with E-state index in [1.54, 1.807) is 26.2 Å². The molecule has 1 aromatic heterocycles. The fourth-order valence-electron chi connectivity index (χ4n) is 5.65. The Balaban J connectivity index is 1.48. The van der Waals surface area contributed by atoms with E-state index in [2.05, 4.69) is 52.9 Å². The first-order valence-electron chi connectivity index (χ1n) is 15.3. The number of hydrogen-bond donors (Lipinski definition) is 2. The van der Waals surface area contributed by atoms with E-state index < -0.39 is 41.1 Å². The molecule has 1 saturated heterocycles. The number of aryl methyl sites for hydroxylation is 2. The number of cyclic esters (lactones) is 1. The number of carbonyl (C=O) groups is 3. The second-order valence-electron chi connectivity index (χ2n) is 13.2. The molecule has 0 unspecified atom stereocenters. The van der Waals surface area contributed by atoms with Crippen LogP contribution in [0.1, 0.15) is 77.1 Å². The molecule has 4 atom stereocenters. The van der Waals surface area contributed by atoms with Crippen molar-refractivity contribution < 1.29 is 23.9 Å². The molecule has 0 spiro atoms. The second-order valence-corrected chi connectivity index (χ2v) is 13.2. The van der Waals surface area contributed by atoms with Crippen molar-refractivity contribution in [1.82, 2.24) is 15.6 Å². The van der Waals surface area contributed by atoms with E-state index in [1.165, 1.54) is 16.7 Å². The Morgan fingerprint density at radius 3 is 2.25 bits per heavy atom. The molecule has 2 heterocycles. The van der Waals surface area contributed by atoms with Gasteiger partial charge in [-0.1, -0.05) is 69.3 Å². The van der Waals surface area contributed by atoms with E-state index in [9.17, 15) is 14.4 Å². The van der Waals surface area contributed by atoms with Crippen molar-refractivity contribution >= 4 is 17.8 Å². The van der Waals surface area contributed by atoms with Crippen LogP contribution in [0.15, 0.2) is 73.1 Å². The number of benzene rings is 2. The highest BCUT2D eigenvalue weighted by Gasteiger charge is 2.48. The number of pyridine rings is 1. The third-order valence-corrected chi connectivity index (χ3v) is 8.03. The molecule has 1 aliphatic heterocycles. The highest BCUT2D eigenvalue weighted by atomic mass is 16.8. The average Bonchev–Trinajstić information content (AvgIpc) is 3.25. The van der Waals surface area contributed by atoms with Crippen LogP contribution in [0.2, 0.25) is 0 Å². The maximum atomic E-state index is 13.9. The Morgan fingerprint density at radius 1 is 0.977 bits per heavy atom. The van der Waals surface area contributed by atoms with Crippen LogP contribution in [-0.4, -0.2) is 40.7 Å². The summed E-state index contributed by atoms with van der Waals surface area (Å²) in [6.07, 6.45) is 4.03. The van der Waals surface area contributed by atoms with Crippen LogP contribution in [-0.2, 0) is 30.3 Å². The molecule has 1 aliphatic rings. The zero-order valence-corrected chi connectivity index (χ0v) is 26.8. The summed E-state index contributed by atoms with van der Waals surface area (Å²) in [6, 6.07) is 19.2. The molecule has 2 aromatic carbocycles. The molecule has 0 aliphatic carbocycles. The van der Waals surface area contributed by atoms with Crippen molar-refractivity contribution in [3.05, 3.63) is 89.7 Å². The summed E-state index contributed by atoms with van der Waals surface area (Å²) >= 11 is 0. The van der Waals surface area contributed by atoms with E-state index in [4.69, 9.17) is 9.47 Å². The highest BCUT2D eigenvalue weighted by Crippen LogP contribution is 2.32. The molecule has 2 N–H and O–H groups in total. The number of rotatable bonds is 11. The molecule has 234 valence electrons. The number of ether oxygens (including phenoxy) is 2. The van der Waals surface area contributed by atoms with Crippen LogP contribution in [0.25, 0.3) is 11.1 Å². The van der Waals surface area contributed by atoms with E-state index in [0.29, 0.717) is 12.8 Å². The van der Waals surface area contributed by atoms with Crippen molar-refractivity contribution in [3.8, 4) is 11.1 Å². The number of amides is 2. The first kappa shape index (κ1) is 32.9. The lowest BCUT2D eigenvalue weighted by molar-refractivity contribution is -0.162. The molecule has 0 saturated carbocycles. The van der Waals surface area contributed by atoms with Crippen molar-refractivity contribution in [1.29, 1.82) is 0 Å². The lowest BCUT2D eigenvalue weighted by Crippen LogP contribution is -2.56. The maximum Gasteiger partial charge on any atom is 0.338 e. The number of aromatic nitrogens is 1. The van der Waals surface area contributed by atoms with E-state index in [-0.39, 0.29) is 11.9 Å². The van der Waals surface area contributed by atoms with Crippen LogP contribution in [0.4, 0.5) is 0 Å². The molecule has 8 heteroatoms. The van der Waals surface area contributed by atoms with Crippen LogP contribution < -0.4 is 10.6 Å². The minimum absolute atomic E-state index is 0.284. The molecule has 3 aromatic rings. The smallest absolute Gasteiger partial charge is 0.338 e. The Hall–Kier alpha value is -4.04. The second kappa shape index (κ2) is 13.7. The maximum absolute atomic E-state index is 13.9. The van der Waals surface area contributed by atoms with Crippen molar-refractivity contribution in [3.63, 3.8) is 0 Å². The van der Waals surface area contributed by atoms with Gasteiger partial charge in [0.1, 0.15) is 6.04 Å². The van der Waals surface area contributed by atoms with E-state index >= 15 is 0 Å². The molecule has 0 bridgehead atoms. The van der Waals surface area contributed by atoms with Crippen molar-refractivity contribution in [2.24, 2.45) is 11.3 Å². The largest absolute Gasteiger partial charge is 0.432 e. The van der Waals surface area contributed by atoms with Gasteiger partial charge in [0.25, 0.3) is 0 Å². The predicted octanol–water partition coefficient (Wildman–Crippen LogP) is 6.08. The lowest BCUT2D eigenvalue weighted by Gasteiger charge is -2.33. The van der Waals surface area contributed by atoms with Gasteiger partial charge in [-0.05, 0) is 78.5 Å². The molecular formula is C36H45N3O5. The SMILES string of the molecule is Cc1cc(CCC[C@@H](C(=O)N[C@H](C(=O)N[C@H](C)c2ccncc2)C(C)(C)C)[C@@H]2OC(C)(C)OC2=O)ccc1-c1ccccc1. The molecular weight excluding hydrogens is 554 g/mol. The summed E-state index contributed by atoms with van der Waals surface area (Å²) in [5, 5.41) is 5.99. The van der Waals surface area contributed by atoms with Crippen LogP contribution >= 0.6 is 0 Å². The van der Waals surface area contributed by atoms with Gasteiger partial charge in [-0.25, -0.2) is 4.79 Å². The van der Waals surface area contributed by atoms with Crippen LogP contribution in [0.5, 0.6) is 0 Å². The fourth-order valence-corrected chi connectivity index (χ4v) is 5.65. The summed E-state index contributed by atoms with van der Waals surface area (Å²) in [7, 11) is 0. The van der Waals surface area contributed by atoms with Gasteiger partial charge < -0.3 is 20.1 Å². The molecule has 44 heavy (non-hydrogen) atoms. The summed E-state index contributed by atoms with van der Waals surface area (Å²) in [5.74, 6) is -3.25. The average molecular weight is 600 g/mol. The van der Waals surface area contributed by atoms with Gasteiger partial charge >= 0.3 is 5.97 Å². The topological polar surface area (TPSA) is 107 Å². The van der Waals surface area contributed by atoms with Gasteiger partial charge in [-0.15, -0.1) is 0 Å². The lowest BCUT2D eigenvalue weighted by atomic mass is 9.84. The number of nitrogens with one attached hydrogen (secondary N) is 2. The minimum atomic E-state index is -1.13. The zero-order chi connectivity index (χ0) is 32.1. The third kappa shape index (κ3) is 8.32. The Morgan fingerprint density at radius 2 is 1.66 bits per heavy atom. The van der Waals surface area contributed by atoms with Gasteiger partial charge in [-0.3, -0.25) is 14.6 Å². The first-order valence-corrected chi connectivity index (χ1v) is 15.3. The molecule has 2 amide bonds. The summed E-state index contributed by atoms with van der Waals surface area (Å²) in [4.78, 5) is 44.4. The Labute approximate surface area is 261 Å². The first-order chi connectivity index (χ1) is 20.7. The summed E-state index contributed by atoms with van der Waals surface area (Å²) < 4.78 is 11.4. The molecule has 1 fully saturated rings. The van der Waals surface area contributed by atoms with Crippen molar-refractivity contribution in [2.45, 2.75) is 91.7 Å². The number of nitrogens with zero attached hydrogens (tertiary/aromatic N) is 1. The minimum Gasteiger partial charge on any atom is -0.432 e.